The van der Waals surface area contributed by atoms with Crippen LogP contribution in [0, 0.1) is 0 Å². The molecule has 0 saturated heterocycles. The van der Waals surface area contributed by atoms with E-state index in [1.54, 1.807) is 12.4 Å². The Morgan fingerprint density at radius 2 is 2.25 bits per heavy atom. The van der Waals surface area contributed by atoms with Crippen LogP contribution in [0.4, 0.5) is 5.82 Å². The first-order valence-corrected chi connectivity index (χ1v) is 7.55. The lowest BCUT2D eigenvalue weighted by Crippen LogP contribution is -2.25. The highest BCUT2D eigenvalue weighted by molar-refractivity contribution is 9.10. The predicted octanol–water partition coefficient (Wildman–Crippen LogP) is 3.56. The summed E-state index contributed by atoms with van der Waals surface area (Å²) in [4.78, 5) is 8.57. The van der Waals surface area contributed by atoms with Crippen molar-refractivity contribution in [2.75, 3.05) is 12.3 Å². The van der Waals surface area contributed by atoms with E-state index in [-0.39, 0.29) is 6.04 Å². The fraction of sp³-hybridized carbons (Fsp3) is 0.286. The van der Waals surface area contributed by atoms with E-state index in [0.29, 0.717) is 10.8 Å². The molecule has 1 unspecified atom stereocenters. The van der Waals surface area contributed by atoms with Gasteiger partial charge < -0.3 is 11.1 Å². The van der Waals surface area contributed by atoms with Crippen LogP contribution in [0.25, 0.3) is 0 Å². The predicted molar refractivity (Wildman–Crippen MR) is 85.7 cm³/mol. The van der Waals surface area contributed by atoms with Gasteiger partial charge >= 0.3 is 0 Å². The summed E-state index contributed by atoms with van der Waals surface area (Å²) in [7, 11) is 0. The quantitative estimate of drug-likeness (QED) is 0.860. The van der Waals surface area contributed by atoms with E-state index in [1.807, 2.05) is 18.2 Å². The number of halogens is 2. The zero-order chi connectivity index (χ0) is 14.5. The number of nitrogens with two attached hydrogens (primary N) is 1. The van der Waals surface area contributed by atoms with E-state index >= 15 is 0 Å². The SMILES string of the molecule is CCCNC(c1cc(Cl)cnc1N)c1ncccc1Br. The molecular weight excluding hydrogens is 340 g/mol. The summed E-state index contributed by atoms with van der Waals surface area (Å²) in [5.41, 5.74) is 7.71. The minimum absolute atomic E-state index is 0.142. The lowest BCUT2D eigenvalue weighted by molar-refractivity contribution is 0.584. The molecule has 1 atom stereocenters. The van der Waals surface area contributed by atoms with E-state index in [2.05, 4.69) is 38.1 Å². The van der Waals surface area contributed by atoms with Crippen LogP contribution in [0.1, 0.15) is 30.6 Å². The number of hydrogen-bond acceptors (Lipinski definition) is 4. The van der Waals surface area contributed by atoms with Crippen molar-refractivity contribution in [2.45, 2.75) is 19.4 Å². The topological polar surface area (TPSA) is 63.8 Å². The third-order valence-corrected chi connectivity index (χ3v) is 3.76. The van der Waals surface area contributed by atoms with Crippen molar-refractivity contribution in [1.82, 2.24) is 15.3 Å². The minimum Gasteiger partial charge on any atom is -0.383 e. The third-order valence-electron chi connectivity index (χ3n) is 2.89. The summed E-state index contributed by atoms with van der Waals surface area (Å²) in [5.74, 6) is 0.459. The van der Waals surface area contributed by atoms with Crippen molar-refractivity contribution in [3.8, 4) is 0 Å². The van der Waals surface area contributed by atoms with E-state index in [4.69, 9.17) is 17.3 Å². The summed E-state index contributed by atoms with van der Waals surface area (Å²) in [6.45, 7) is 2.96. The summed E-state index contributed by atoms with van der Waals surface area (Å²) >= 11 is 9.58. The largest absolute Gasteiger partial charge is 0.383 e. The van der Waals surface area contributed by atoms with Crippen LogP contribution < -0.4 is 11.1 Å². The highest BCUT2D eigenvalue weighted by Gasteiger charge is 2.20. The smallest absolute Gasteiger partial charge is 0.128 e. The molecule has 4 nitrogen and oxygen atoms in total. The van der Waals surface area contributed by atoms with E-state index in [1.165, 1.54) is 0 Å². The maximum absolute atomic E-state index is 6.04. The summed E-state index contributed by atoms with van der Waals surface area (Å²) in [6.07, 6.45) is 4.31. The Morgan fingerprint density at radius 3 is 2.95 bits per heavy atom. The molecule has 0 amide bonds. The Bertz CT molecular complexity index is 591. The standard InChI is InChI=1S/C14H16BrClN4/c1-2-5-18-12(13-11(15)4-3-6-19-13)10-7-9(16)8-20-14(10)17/h3-4,6-8,12,18H,2,5H2,1H3,(H2,17,20). The van der Waals surface area contributed by atoms with Crippen LogP contribution in [0.15, 0.2) is 35.1 Å². The second-order valence-electron chi connectivity index (χ2n) is 4.39. The van der Waals surface area contributed by atoms with Gasteiger partial charge in [-0.25, -0.2) is 4.98 Å². The minimum atomic E-state index is -0.142. The van der Waals surface area contributed by atoms with Gasteiger partial charge in [0.15, 0.2) is 0 Å². The van der Waals surface area contributed by atoms with Crippen LogP contribution in [0.5, 0.6) is 0 Å². The molecular formula is C14H16BrClN4. The Kier molecular flexibility index (Phi) is 5.34. The molecule has 0 radical (unpaired) electrons. The normalized spacial score (nSPS) is 12.3. The number of aromatic nitrogens is 2. The summed E-state index contributed by atoms with van der Waals surface area (Å²) in [5, 5.41) is 4.00. The lowest BCUT2D eigenvalue weighted by Gasteiger charge is -2.20. The summed E-state index contributed by atoms with van der Waals surface area (Å²) in [6, 6.07) is 5.52. The van der Waals surface area contributed by atoms with E-state index in [0.717, 1.165) is 28.7 Å². The molecule has 0 aliphatic rings. The molecule has 2 rings (SSSR count). The molecule has 3 N–H and O–H groups in total. The molecule has 20 heavy (non-hydrogen) atoms. The summed E-state index contributed by atoms with van der Waals surface area (Å²) < 4.78 is 0.924. The van der Waals surface area contributed by atoms with Crippen molar-refractivity contribution in [2.24, 2.45) is 0 Å². The first-order valence-electron chi connectivity index (χ1n) is 6.38. The maximum Gasteiger partial charge on any atom is 0.128 e. The average molecular weight is 356 g/mol. The van der Waals surface area contributed by atoms with Gasteiger partial charge in [0.1, 0.15) is 5.82 Å². The third kappa shape index (κ3) is 3.48. The Morgan fingerprint density at radius 1 is 1.45 bits per heavy atom. The maximum atomic E-state index is 6.04. The van der Waals surface area contributed by atoms with Crippen LogP contribution in [0.3, 0.4) is 0 Å². The van der Waals surface area contributed by atoms with Crippen molar-refractivity contribution >= 4 is 33.3 Å². The number of pyridine rings is 2. The van der Waals surface area contributed by atoms with Gasteiger partial charge in [0, 0.05) is 22.4 Å². The highest BCUT2D eigenvalue weighted by atomic mass is 79.9. The van der Waals surface area contributed by atoms with Gasteiger partial charge in [-0.05, 0) is 47.1 Å². The Balaban J connectivity index is 2.47. The number of hydrogen-bond donors (Lipinski definition) is 2. The van der Waals surface area contributed by atoms with Crippen molar-refractivity contribution < 1.29 is 0 Å². The van der Waals surface area contributed by atoms with E-state index < -0.39 is 0 Å². The van der Waals surface area contributed by atoms with Gasteiger partial charge in [0.2, 0.25) is 0 Å². The lowest BCUT2D eigenvalue weighted by atomic mass is 10.0. The van der Waals surface area contributed by atoms with Gasteiger partial charge in [-0.1, -0.05) is 18.5 Å². The van der Waals surface area contributed by atoms with Crippen LogP contribution in [0.2, 0.25) is 5.02 Å². The number of anilines is 1. The average Bonchev–Trinajstić information content (AvgIpc) is 2.44. The first kappa shape index (κ1) is 15.2. The molecule has 0 aromatic carbocycles. The van der Waals surface area contributed by atoms with Crippen LogP contribution in [-0.4, -0.2) is 16.5 Å². The van der Waals surface area contributed by atoms with Gasteiger partial charge in [0.05, 0.1) is 16.8 Å². The van der Waals surface area contributed by atoms with Crippen LogP contribution in [-0.2, 0) is 0 Å². The molecule has 106 valence electrons. The molecule has 6 heteroatoms. The molecule has 0 spiro atoms. The van der Waals surface area contributed by atoms with Crippen molar-refractivity contribution in [3.05, 3.63) is 51.3 Å². The number of rotatable bonds is 5. The number of nitrogens with one attached hydrogen (secondary N) is 1. The molecule has 2 aromatic heterocycles. The van der Waals surface area contributed by atoms with Gasteiger partial charge in [0.25, 0.3) is 0 Å². The Labute approximate surface area is 131 Å². The molecule has 0 saturated carbocycles. The van der Waals surface area contributed by atoms with Gasteiger partial charge in [-0.3, -0.25) is 4.98 Å². The molecule has 0 aliphatic heterocycles. The molecule has 2 heterocycles. The monoisotopic (exact) mass is 354 g/mol. The second kappa shape index (κ2) is 7.02. The molecule has 0 fully saturated rings. The van der Waals surface area contributed by atoms with Gasteiger partial charge in [-0.15, -0.1) is 0 Å². The highest BCUT2D eigenvalue weighted by Crippen LogP contribution is 2.30. The zero-order valence-electron chi connectivity index (χ0n) is 11.1. The molecule has 0 bridgehead atoms. The fourth-order valence-electron chi connectivity index (χ4n) is 1.95. The number of nitrogens with zero attached hydrogens (tertiary/aromatic N) is 2. The zero-order valence-corrected chi connectivity index (χ0v) is 13.4. The van der Waals surface area contributed by atoms with Crippen molar-refractivity contribution in [3.63, 3.8) is 0 Å². The van der Waals surface area contributed by atoms with Crippen molar-refractivity contribution in [1.29, 1.82) is 0 Å². The fourth-order valence-corrected chi connectivity index (χ4v) is 2.60. The second-order valence-corrected chi connectivity index (χ2v) is 5.68. The van der Waals surface area contributed by atoms with Gasteiger partial charge in [-0.2, -0.15) is 0 Å². The molecule has 0 aliphatic carbocycles. The van der Waals surface area contributed by atoms with Crippen LogP contribution >= 0.6 is 27.5 Å². The Hall–Kier alpha value is -1.17. The number of nitrogen functional groups attached to an aromatic ring is 1. The molecule has 2 aromatic rings. The first-order chi connectivity index (χ1) is 9.63. The van der Waals surface area contributed by atoms with E-state index in [9.17, 15) is 0 Å².